The standard InChI is InChI=1S/C17H21NO3S/c1-5-21-16-10-13(3)14(4)11-17(16)22(19,20)18-15-8-6-12(2)7-9-15/h6-11,18H,5H2,1-4H3. The van der Waals surface area contributed by atoms with Crippen molar-refractivity contribution < 1.29 is 13.2 Å². The highest BCUT2D eigenvalue weighted by molar-refractivity contribution is 7.92. The number of anilines is 1. The minimum Gasteiger partial charge on any atom is -0.492 e. The number of nitrogens with one attached hydrogen (secondary N) is 1. The molecule has 0 bridgehead atoms. The van der Waals surface area contributed by atoms with Crippen molar-refractivity contribution in [2.45, 2.75) is 32.6 Å². The van der Waals surface area contributed by atoms with Gasteiger partial charge in [0.2, 0.25) is 0 Å². The van der Waals surface area contributed by atoms with E-state index < -0.39 is 10.0 Å². The second-order valence-electron chi connectivity index (χ2n) is 5.29. The highest BCUT2D eigenvalue weighted by Crippen LogP contribution is 2.29. The van der Waals surface area contributed by atoms with Crippen molar-refractivity contribution in [3.63, 3.8) is 0 Å². The zero-order chi connectivity index (χ0) is 16.3. The van der Waals surface area contributed by atoms with Gasteiger partial charge in [-0.1, -0.05) is 17.7 Å². The summed E-state index contributed by atoms with van der Waals surface area (Å²) in [5.41, 5.74) is 3.51. The molecule has 1 N–H and O–H groups in total. The van der Waals surface area contributed by atoms with E-state index in [9.17, 15) is 8.42 Å². The van der Waals surface area contributed by atoms with Crippen LogP contribution in [0.4, 0.5) is 5.69 Å². The van der Waals surface area contributed by atoms with E-state index in [1.54, 1.807) is 24.3 Å². The summed E-state index contributed by atoms with van der Waals surface area (Å²) in [5.74, 6) is 0.380. The van der Waals surface area contributed by atoms with Gasteiger partial charge in [-0.05, 0) is 63.1 Å². The molecule has 2 aromatic rings. The minimum atomic E-state index is -3.69. The lowest BCUT2D eigenvalue weighted by molar-refractivity contribution is 0.331. The molecule has 2 aromatic carbocycles. The molecule has 0 unspecified atom stereocenters. The van der Waals surface area contributed by atoms with Crippen LogP contribution in [0.15, 0.2) is 41.3 Å². The third-order valence-electron chi connectivity index (χ3n) is 3.45. The molecule has 118 valence electrons. The first-order chi connectivity index (χ1) is 10.3. The van der Waals surface area contributed by atoms with Gasteiger partial charge in [-0.15, -0.1) is 0 Å². The van der Waals surface area contributed by atoms with Gasteiger partial charge in [-0.2, -0.15) is 0 Å². The van der Waals surface area contributed by atoms with Crippen LogP contribution in [-0.4, -0.2) is 15.0 Å². The van der Waals surface area contributed by atoms with Gasteiger partial charge in [0.1, 0.15) is 10.6 Å². The number of hydrogen-bond donors (Lipinski definition) is 1. The highest BCUT2D eigenvalue weighted by Gasteiger charge is 2.21. The number of benzene rings is 2. The predicted molar refractivity (Wildman–Crippen MR) is 89.1 cm³/mol. The van der Waals surface area contributed by atoms with E-state index in [0.29, 0.717) is 18.0 Å². The van der Waals surface area contributed by atoms with Crippen LogP contribution in [0.1, 0.15) is 23.6 Å². The van der Waals surface area contributed by atoms with Crippen LogP contribution in [0, 0.1) is 20.8 Å². The Bertz CT molecular complexity index is 765. The van der Waals surface area contributed by atoms with Gasteiger partial charge in [0, 0.05) is 5.69 Å². The van der Waals surface area contributed by atoms with Gasteiger partial charge in [0.05, 0.1) is 6.61 Å². The van der Waals surface area contributed by atoms with E-state index >= 15 is 0 Å². The third kappa shape index (κ3) is 3.60. The van der Waals surface area contributed by atoms with Crippen LogP contribution in [-0.2, 0) is 10.0 Å². The zero-order valence-corrected chi connectivity index (χ0v) is 14.1. The Hall–Kier alpha value is -2.01. The fourth-order valence-electron chi connectivity index (χ4n) is 2.07. The molecule has 4 nitrogen and oxygen atoms in total. The second-order valence-corrected chi connectivity index (χ2v) is 6.94. The fourth-order valence-corrected chi connectivity index (χ4v) is 3.34. The van der Waals surface area contributed by atoms with Crippen LogP contribution >= 0.6 is 0 Å². The molecule has 22 heavy (non-hydrogen) atoms. The van der Waals surface area contributed by atoms with Crippen molar-refractivity contribution in [3.05, 3.63) is 53.1 Å². The lowest BCUT2D eigenvalue weighted by Crippen LogP contribution is -2.15. The molecule has 0 amide bonds. The van der Waals surface area contributed by atoms with E-state index in [4.69, 9.17) is 4.74 Å². The van der Waals surface area contributed by atoms with Crippen molar-refractivity contribution in [1.29, 1.82) is 0 Å². The molecule has 0 atom stereocenters. The van der Waals surface area contributed by atoms with E-state index in [1.807, 2.05) is 39.8 Å². The van der Waals surface area contributed by atoms with E-state index in [-0.39, 0.29) is 4.90 Å². The predicted octanol–water partition coefficient (Wildman–Crippen LogP) is 3.81. The van der Waals surface area contributed by atoms with Crippen LogP contribution in [0.2, 0.25) is 0 Å². The normalized spacial score (nSPS) is 11.3. The molecule has 0 heterocycles. The first-order valence-corrected chi connectivity index (χ1v) is 8.65. The van der Waals surface area contributed by atoms with Crippen molar-refractivity contribution in [2.24, 2.45) is 0 Å². The van der Waals surface area contributed by atoms with E-state index in [0.717, 1.165) is 16.7 Å². The van der Waals surface area contributed by atoms with Crippen molar-refractivity contribution >= 4 is 15.7 Å². The number of hydrogen-bond acceptors (Lipinski definition) is 3. The molecule has 0 spiro atoms. The maximum absolute atomic E-state index is 12.7. The average molecular weight is 319 g/mol. The molecule has 0 saturated carbocycles. The molecule has 0 aliphatic carbocycles. The molecule has 0 aromatic heterocycles. The summed E-state index contributed by atoms with van der Waals surface area (Å²) in [7, 11) is -3.69. The number of sulfonamides is 1. The highest BCUT2D eigenvalue weighted by atomic mass is 32.2. The number of rotatable bonds is 5. The third-order valence-corrected chi connectivity index (χ3v) is 4.86. The first kappa shape index (κ1) is 16.4. The molecule has 0 saturated heterocycles. The molecular formula is C17H21NO3S. The zero-order valence-electron chi connectivity index (χ0n) is 13.3. The second kappa shape index (κ2) is 6.40. The Balaban J connectivity index is 2.44. The largest absolute Gasteiger partial charge is 0.492 e. The van der Waals surface area contributed by atoms with Gasteiger partial charge in [0.25, 0.3) is 10.0 Å². The smallest absolute Gasteiger partial charge is 0.265 e. The van der Waals surface area contributed by atoms with Gasteiger partial charge >= 0.3 is 0 Å². The van der Waals surface area contributed by atoms with E-state index in [2.05, 4.69) is 4.72 Å². The Kier molecular flexibility index (Phi) is 4.76. The maximum atomic E-state index is 12.7. The Labute approximate surface area is 132 Å². The monoisotopic (exact) mass is 319 g/mol. The fraction of sp³-hybridized carbons (Fsp3) is 0.294. The maximum Gasteiger partial charge on any atom is 0.265 e. The average Bonchev–Trinajstić information content (AvgIpc) is 2.45. The van der Waals surface area contributed by atoms with Crippen LogP contribution in [0.3, 0.4) is 0 Å². The summed E-state index contributed by atoms with van der Waals surface area (Å²) in [4.78, 5) is 0.165. The van der Waals surface area contributed by atoms with Crippen LogP contribution in [0.25, 0.3) is 0 Å². The minimum absolute atomic E-state index is 0.165. The lowest BCUT2D eigenvalue weighted by Gasteiger charge is -2.15. The summed E-state index contributed by atoms with van der Waals surface area (Å²) < 4.78 is 33.4. The quantitative estimate of drug-likeness (QED) is 0.911. The summed E-state index contributed by atoms with van der Waals surface area (Å²) in [6.45, 7) is 8.01. The molecule has 5 heteroatoms. The van der Waals surface area contributed by atoms with Crippen LogP contribution < -0.4 is 9.46 Å². The van der Waals surface area contributed by atoms with Crippen LogP contribution in [0.5, 0.6) is 5.75 Å². The Morgan fingerprint density at radius 3 is 2.18 bits per heavy atom. The lowest BCUT2D eigenvalue weighted by atomic mass is 10.1. The van der Waals surface area contributed by atoms with Gasteiger partial charge in [-0.25, -0.2) is 8.42 Å². The summed E-state index contributed by atoms with van der Waals surface area (Å²) >= 11 is 0. The molecule has 0 fully saturated rings. The summed E-state index contributed by atoms with van der Waals surface area (Å²) in [5, 5.41) is 0. The SMILES string of the molecule is CCOc1cc(C)c(C)cc1S(=O)(=O)Nc1ccc(C)cc1. The number of ether oxygens (including phenoxy) is 1. The Morgan fingerprint density at radius 2 is 1.59 bits per heavy atom. The van der Waals surface area contributed by atoms with Gasteiger partial charge < -0.3 is 4.74 Å². The number of aryl methyl sites for hydroxylation is 3. The molecule has 0 aliphatic rings. The van der Waals surface area contributed by atoms with Crippen molar-refractivity contribution in [2.75, 3.05) is 11.3 Å². The van der Waals surface area contributed by atoms with Gasteiger partial charge in [-0.3, -0.25) is 4.72 Å². The van der Waals surface area contributed by atoms with Crippen molar-refractivity contribution in [3.8, 4) is 5.75 Å². The summed E-state index contributed by atoms with van der Waals surface area (Å²) in [6, 6.07) is 10.6. The molecular weight excluding hydrogens is 298 g/mol. The topological polar surface area (TPSA) is 55.4 Å². The summed E-state index contributed by atoms with van der Waals surface area (Å²) in [6.07, 6.45) is 0. The first-order valence-electron chi connectivity index (χ1n) is 7.17. The van der Waals surface area contributed by atoms with E-state index in [1.165, 1.54) is 0 Å². The molecule has 0 radical (unpaired) electrons. The van der Waals surface area contributed by atoms with Crippen molar-refractivity contribution in [1.82, 2.24) is 0 Å². The van der Waals surface area contributed by atoms with Gasteiger partial charge in [0.15, 0.2) is 0 Å². The Morgan fingerprint density at radius 1 is 1.00 bits per heavy atom. The molecule has 0 aliphatic heterocycles. The molecule has 2 rings (SSSR count).